The monoisotopic (exact) mass is 287 g/mol. The number of amides is 2. The van der Waals surface area contributed by atoms with Gasteiger partial charge < -0.3 is 4.74 Å². The molecule has 0 bridgehead atoms. The molecule has 112 valence electrons. The molecule has 0 unspecified atom stereocenters. The van der Waals surface area contributed by atoms with Crippen molar-refractivity contribution >= 4 is 18.1 Å². The fourth-order valence-corrected chi connectivity index (χ4v) is 2.90. The lowest BCUT2D eigenvalue weighted by molar-refractivity contribution is -0.125. The van der Waals surface area contributed by atoms with Crippen LogP contribution in [0.5, 0.6) is 0 Å². The van der Waals surface area contributed by atoms with E-state index in [2.05, 4.69) is 0 Å². The lowest BCUT2D eigenvalue weighted by atomic mass is 9.89. The van der Waals surface area contributed by atoms with E-state index in [9.17, 15) is 9.59 Å². The number of nitrogens with zero attached hydrogens (tertiary/aromatic N) is 1. The molecule has 0 aliphatic carbocycles. The first-order valence-corrected chi connectivity index (χ1v) is 7.12. The van der Waals surface area contributed by atoms with E-state index in [4.69, 9.17) is 4.74 Å². The minimum atomic E-state index is -0.665. The summed E-state index contributed by atoms with van der Waals surface area (Å²) in [5.74, 6) is -0.214. The molecule has 21 heavy (non-hydrogen) atoms. The Morgan fingerprint density at radius 1 is 1.29 bits per heavy atom. The number of carbonyl (C=O) groups is 2. The number of hydrogen-bond acceptors (Lipinski definition) is 3. The van der Waals surface area contributed by atoms with E-state index < -0.39 is 11.7 Å². The molecular formula is C17H21NO3. The van der Waals surface area contributed by atoms with E-state index in [-0.39, 0.29) is 17.9 Å². The molecule has 1 saturated heterocycles. The quantitative estimate of drug-likeness (QED) is 0.800. The molecule has 1 aliphatic rings. The van der Waals surface area contributed by atoms with Gasteiger partial charge in [0.15, 0.2) is 0 Å². The number of hydrogen-bond donors (Lipinski definition) is 0. The molecule has 0 spiro atoms. The molecule has 1 atom stereocenters. The molecule has 1 fully saturated rings. The van der Waals surface area contributed by atoms with Gasteiger partial charge in [0.05, 0.1) is 6.04 Å². The second-order valence-electron chi connectivity index (χ2n) is 6.11. The molecule has 0 saturated carbocycles. The van der Waals surface area contributed by atoms with Crippen LogP contribution in [0.3, 0.4) is 0 Å². The molecular weight excluding hydrogens is 266 g/mol. The van der Waals surface area contributed by atoms with Gasteiger partial charge in [-0.15, -0.1) is 0 Å². The first-order valence-electron chi connectivity index (χ1n) is 7.12. The van der Waals surface area contributed by atoms with Crippen LogP contribution in [0.15, 0.2) is 36.4 Å². The van der Waals surface area contributed by atoms with Crippen LogP contribution < -0.4 is 0 Å². The summed E-state index contributed by atoms with van der Waals surface area (Å²) in [6.45, 7) is 7.64. The normalized spacial score (nSPS) is 21.1. The Balaban J connectivity index is 2.21. The third-order valence-electron chi connectivity index (χ3n) is 3.62. The van der Waals surface area contributed by atoms with E-state index in [0.717, 1.165) is 5.56 Å². The van der Waals surface area contributed by atoms with Crippen LogP contribution in [0, 0.1) is 5.92 Å². The van der Waals surface area contributed by atoms with Crippen molar-refractivity contribution < 1.29 is 14.3 Å². The third-order valence-corrected chi connectivity index (χ3v) is 3.62. The van der Waals surface area contributed by atoms with Gasteiger partial charge >= 0.3 is 6.09 Å². The zero-order chi connectivity index (χ0) is 15.6. The van der Waals surface area contributed by atoms with Crippen LogP contribution >= 0.6 is 0 Å². The van der Waals surface area contributed by atoms with Crippen LogP contribution in [-0.4, -0.2) is 28.5 Å². The van der Waals surface area contributed by atoms with Gasteiger partial charge in [-0.25, -0.2) is 9.69 Å². The average molecular weight is 287 g/mol. The van der Waals surface area contributed by atoms with Crippen molar-refractivity contribution in [3.05, 3.63) is 42.0 Å². The average Bonchev–Trinajstić information content (AvgIpc) is 2.66. The summed E-state index contributed by atoms with van der Waals surface area (Å²) in [4.78, 5) is 25.6. The SMILES string of the molecule is CC(C)[C@@H]1N(C(=O)/C=C/c2ccccc2)C(=O)OC1(C)C. The van der Waals surface area contributed by atoms with Crippen molar-refractivity contribution in [1.82, 2.24) is 4.90 Å². The second-order valence-corrected chi connectivity index (χ2v) is 6.11. The van der Waals surface area contributed by atoms with Crippen molar-refractivity contribution in [3.8, 4) is 0 Å². The Labute approximate surface area is 125 Å². The third kappa shape index (κ3) is 3.15. The van der Waals surface area contributed by atoms with Crippen LogP contribution in [0.1, 0.15) is 33.3 Å². The van der Waals surface area contributed by atoms with Gasteiger partial charge in [-0.1, -0.05) is 44.2 Å². The summed E-state index contributed by atoms with van der Waals surface area (Å²) in [7, 11) is 0. The molecule has 1 aromatic rings. The Kier molecular flexibility index (Phi) is 4.16. The summed E-state index contributed by atoms with van der Waals surface area (Å²) in [5.41, 5.74) is 0.250. The lowest BCUT2D eigenvalue weighted by Gasteiger charge is -2.30. The summed E-state index contributed by atoms with van der Waals surface area (Å²) >= 11 is 0. The Hall–Kier alpha value is -2.10. The van der Waals surface area contributed by atoms with E-state index >= 15 is 0 Å². The fourth-order valence-electron chi connectivity index (χ4n) is 2.90. The van der Waals surface area contributed by atoms with Gasteiger partial charge in [0.1, 0.15) is 5.60 Å². The summed E-state index contributed by atoms with van der Waals surface area (Å²) in [6, 6.07) is 9.24. The number of benzene rings is 1. The molecule has 1 heterocycles. The van der Waals surface area contributed by atoms with Crippen molar-refractivity contribution in [3.63, 3.8) is 0 Å². The maximum atomic E-state index is 12.4. The minimum Gasteiger partial charge on any atom is -0.441 e. The standard InChI is InChI=1S/C17H21NO3/c1-12(2)15-17(3,4)21-16(20)18(15)14(19)11-10-13-8-6-5-7-9-13/h5-12,15H,1-4H3/b11-10+/t15-/m0/s1. The molecule has 0 radical (unpaired) electrons. The Bertz CT molecular complexity index is 561. The van der Waals surface area contributed by atoms with Gasteiger partial charge in [0, 0.05) is 6.08 Å². The Morgan fingerprint density at radius 3 is 2.48 bits per heavy atom. The molecule has 0 aromatic heterocycles. The highest BCUT2D eigenvalue weighted by molar-refractivity contribution is 6.02. The minimum absolute atomic E-state index is 0.125. The molecule has 0 N–H and O–H groups in total. The molecule has 2 amide bonds. The van der Waals surface area contributed by atoms with Gasteiger partial charge in [0.2, 0.25) is 0 Å². The summed E-state index contributed by atoms with van der Waals surface area (Å²) in [6.07, 6.45) is 2.56. The molecule has 1 aliphatic heterocycles. The highest BCUT2D eigenvalue weighted by atomic mass is 16.6. The Morgan fingerprint density at radius 2 is 1.90 bits per heavy atom. The smallest absolute Gasteiger partial charge is 0.417 e. The van der Waals surface area contributed by atoms with Crippen molar-refractivity contribution in [1.29, 1.82) is 0 Å². The summed E-state index contributed by atoms with van der Waals surface area (Å²) in [5, 5.41) is 0. The van der Waals surface area contributed by atoms with Crippen molar-refractivity contribution in [2.75, 3.05) is 0 Å². The van der Waals surface area contributed by atoms with Gasteiger partial charge in [-0.3, -0.25) is 4.79 Å². The van der Waals surface area contributed by atoms with Crippen molar-refractivity contribution in [2.45, 2.75) is 39.3 Å². The van der Waals surface area contributed by atoms with Gasteiger partial charge in [0.25, 0.3) is 5.91 Å². The second kappa shape index (κ2) is 5.72. The number of imide groups is 1. The van der Waals surface area contributed by atoms with Gasteiger partial charge in [-0.05, 0) is 31.4 Å². The van der Waals surface area contributed by atoms with Gasteiger partial charge in [-0.2, -0.15) is 0 Å². The number of carbonyl (C=O) groups excluding carboxylic acids is 2. The number of ether oxygens (including phenoxy) is 1. The number of rotatable bonds is 3. The maximum Gasteiger partial charge on any atom is 0.417 e. The molecule has 1 aromatic carbocycles. The van der Waals surface area contributed by atoms with Crippen LogP contribution in [0.4, 0.5) is 4.79 Å². The topological polar surface area (TPSA) is 46.6 Å². The van der Waals surface area contributed by atoms with E-state index in [1.807, 2.05) is 58.0 Å². The van der Waals surface area contributed by atoms with Crippen LogP contribution in [0.25, 0.3) is 6.08 Å². The predicted octanol–water partition coefficient (Wildman–Crippen LogP) is 3.48. The highest BCUT2D eigenvalue weighted by Gasteiger charge is 2.51. The predicted molar refractivity (Wildman–Crippen MR) is 81.5 cm³/mol. The van der Waals surface area contributed by atoms with E-state index in [1.165, 1.54) is 11.0 Å². The largest absolute Gasteiger partial charge is 0.441 e. The molecule has 2 rings (SSSR count). The van der Waals surface area contributed by atoms with Crippen LogP contribution in [0.2, 0.25) is 0 Å². The zero-order valence-electron chi connectivity index (χ0n) is 12.9. The highest BCUT2D eigenvalue weighted by Crippen LogP contribution is 2.34. The molecule has 4 heteroatoms. The fraction of sp³-hybridized carbons (Fsp3) is 0.412. The first-order chi connectivity index (χ1) is 9.83. The zero-order valence-corrected chi connectivity index (χ0v) is 12.9. The van der Waals surface area contributed by atoms with E-state index in [1.54, 1.807) is 6.08 Å². The first kappa shape index (κ1) is 15.3. The number of cyclic esters (lactones) is 1. The van der Waals surface area contributed by atoms with E-state index in [0.29, 0.717) is 0 Å². The molecule has 4 nitrogen and oxygen atoms in total. The summed E-state index contributed by atoms with van der Waals surface area (Å²) < 4.78 is 5.34. The maximum absolute atomic E-state index is 12.4. The lowest BCUT2D eigenvalue weighted by Crippen LogP contribution is -2.47. The van der Waals surface area contributed by atoms with Crippen LogP contribution in [-0.2, 0) is 9.53 Å². The van der Waals surface area contributed by atoms with Crippen molar-refractivity contribution in [2.24, 2.45) is 5.92 Å².